The van der Waals surface area contributed by atoms with Gasteiger partial charge in [0.2, 0.25) is 0 Å². The van der Waals surface area contributed by atoms with Gasteiger partial charge >= 0.3 is 8.05 Å². The van der Waals surface area contributed by atoms with Gasteiger partial charge in [-0.1, -0.05) is 11.1 Å². The Balaban J connectivity index is 3.02. The number of hydrogen-bond acceptors (Lipinski definition) is 0. The molecule has 32 valence electrons. The molecule has 0 aromatic heterocycles. The summed E-state index contributed by atoms with van der Waals surface area (Å²) in [5.41, 5.74) is 0. The lowest BCUT2D eigenvalue weighted by Crippen LogP contribution is -2.02. The summed E-state index contributed by atoms with van der Waals surface area (Å²) in [6, 6.07) is 0. The maximum atomic E-state index is 10.9. The van der Waals surface area contributed by atoms with Crippen molar-refractivity contribution in [2.24, 2.45) is 0 Å². The molecule has 0 fully saturated rings. The van der Waals surface area contributed by atoms with Gasteiger partial charge in [-0.3, -0.25) is 8.22 Å². The first-order valence-corrected chi connectivity index (χ1v) is 4.33. The minimum atomic E-state index is -4.14. The first-order chi connectivity index (χ1) is 2.00. The van der Waals surface area contributed by atoms with Gasteiger partial charge in [-0.25, -0.2) is 0 Å². The summed E-state index contributed by atoms with van der Waals surface area (Å²) in [6.45, 7) is 0.758. The SMILES string of the molecule is C[Si](F)(F)Cl. The van der Waals surface area contributed by atoms with Gasteiger partial charge in [0.25, 0.3) is 0 Å². The average molecular weight is 117 g/mol. The van der Waals surface area contributed by atoms with Crippen LogP contribution < -0.4 is 0 Å². The summed E-state index contributed by atoms with van der Waals surface area (Å²) in [5, 5.41) is 0. The van der Waals surface area contributed by atoms with Crippen molar-refractivity contribution in [2.45, 2.75) is 6.55 Å². The molecule has 0 aliphatic carbocycles. The molecule has 0 amide bonds. The van der Waals surface area contributed by atoms with Gasteiger partial charge in [-0.05, 0) is 0 Å². The summed E-state index contributed by atoms with van der Waals surface area (Å²) >= 11 is 4.34. The summed E-state index contributed by atoms with van der Waals surface area (Å²) in [5.74, 6) is 0. The van der Waals surface area contributed by atoms with Crippen LogP contribution in [-0.2, 0) is 0 Å². The molecule has 0 nitrogen and oxygen atoms in total. The van der Waals surface area contributed by atoms with Crippen molar-refractivity contribution in [1.29, 1.82) is 0 Å². The third kappa shape index (κ3) is 182. The van der Waals surface area contributed by atoms with E-state index in [0.29, 0.717) is 0 Å². The van der Waals surface area contributed by atoms with Gasteiger partial charge < -0.3 is 0 Å². The molecule has 0 aliphatic heterocycles. The Morgan fingerprint density at radius 2 is 1.60 bits per heavy atom. The Hall–Kier alpha value is 0.367. The molecular weight excluding hydrogens is 114 g/mol. The zero-order valence-electron chi connectivity index (χ0n) is 2.63. The van der Waals surface area contributed by atoms with Gasteiger partial charge in [0.05, 0.1) is 0 Å². The van der Waals surface area contributed by atoms with Crippen LogP contribution in [0.2, 0.25) is 6.55 Å². The van der Waals surface area contributed by atoms with Crippen LogP contribution in [0.3, 0.4) is 0 Å². The van der Waals surface area contributed by atoms with Crippen molar-refractivity contribution in [2.75, 3.05) is 0 Å². The number of halogens is 3. The van der Waals surface area contributed by atoms with Crippen LogP contribution in [0.1, 0.15) is 0 Å². The molecule has 0 aliphatic rings. The molecule has 4 heteroatoms. The highest BCUT2D eigenvalue weighted by Crippen LogP contribution is 2.08. The van der Waals surface area contributed by atoms with E-state index in [1.54, 1.807) is 0 Å². The minimum Gasteiger partial charge on any atom is -0.253 e. The van der Waals surface area contributed by atoms with Crippen LogP contribution in [0.15, 0.2) is 0 Å². The third-order valence-corrected chi connectivity index (χ3v) is 0. The first-order valence-electron chi connectivity index (χ1n) is 1.07. The molecule has 0 saturated carbocycles. The molecule has 0 bridgehead atoms. The molecule has 0 heterocycles. The Labute approximate surface area is 34.8 Å². The zero-order valence-corrected chi connectivity index (χ0v) is 4.39. The smallest absolute Gasteiger partial charge is 0.253 e. The standard InChI is InChI=1S/CH3ClF2Si/c1-5(2,3)4/h1H3. The van der Waals surface area contributed by atoms with E-state index in [9.17, 15) is 8.22 Å². The third-order valence-electron chi connectivity index (χ3n) is 0. The number of rotatable bonds is 0. The monoisotopic (exact) mass is 116 g/mol. The van der Waals surface area contributed by atoms with E-state index in [1.165, 1.54) is 0 Å². The van der Waals surface area contributed by atoms with E-state index in [4.69, 9.17) is 0 Å². The zero-order chi connectivity index (χ0) is 4.50. The molecule has 0 aromatic carbocycles. The quantitative estimate of drug-likeness (QED) is 0.334. The Kier molecular flexibility index (Phi) is 1.31. The van der Waals surface area contributed by atoms with Crippen molar-refractivity contribution in [1.82, 2.24) is 0 Å². The second kappa shape index (κ2) is 1.22. The van der Waals surface area contributed by atoms with Gasteiger partial charge in [0.1, 0.15) is 0 Å². The molecule has 0 rings (SSSR count). The van der Waals surface area contributed by atoms with Crippen LogP contribution in [0.4, 0.5) is 8.22 Å². The maximum absolute atomic E-state index is 10.9. The van der Waals surface area contributed by atoms with E-state index < -0.39 is 8.05 Å². The predicted molar refractivity (Wildman–Crippen MR) is 19.7 cm³/mol. The second-order valence-electron chi connectivity index (χ2n) is 0.781. The fourth-order valence-electron chi connectivity index (χ4n) is 0. The van der Waals surface area contributed by atoms with E-state index in [0.717, 1.165) is 6.55 Å². The van der Waals surface area contributed by atoms with Crippen molar-refractivity contribution in [3.63, 3.8) is 0 Å². The lowest BCUT2D eigenvalue weighted by molar-refractivity contribution is 0.657. The lowest BCUT2D eigenvalue weighted by Gasteiger charge is -1.85. The summed E-state index contributed by atoms with van der Waals surface area (Å²) in [4.78, 5) is 0. The molecule has 0 atom stereocenters. The molecule has 0 spiro atoms. The highest BCUT2D eigenvalue weighted by Gasteiger charge is 2.22. The van der Waals surface area contributed by atoms with Crippen LogP contribution in [-0.4, -0.2) is 8.05 Å². The van der Waals surface area contributed by atoms with Crippen LogP contribution in [0, 0.1) is 0 Å². The van der Waals surface area contributed by atoms with Gasteiger partial charge in [-0.2, -0.15) is 0 Å². The van der Waals surface area contributed by atoms with Gasteiger partial charge in [0, 0.05) is 6.55 Å². The highest BCUT2D eigenvalue weighted by atomic mass is 35.6. The molecule has 0 aromatic rings. The van der Waals surface area contributed by atoms with Crippen LogP contribution >= 0.6 is 11.1 Å². The first kappa shape index (κ1) is 5.37. The molecule has 0 N–H and O–H groups in total. The van der Waals surface area contributed by atoms with Gasteiger partial charge in [-0.15, -0.1) is 0 Å². The summed E-state index contributed by atoms with van der Waals surface area (Å²) in [7, 11) is -4.14. The topological polar surface area (TPSA) is 0 Å². The van der Waals surface area contributed by atoms with Crippen molar-refractivity contribution < 1.29 is 8.22 Å². The summed E-state index contributed by atoms with van der Waals surface area (Å²) < 4.78 is 21.9. The summed E-state index contributed by atoms with van der Waals surface area (Å²) in [6.07, 6.45) is 0. The van der Waals surface area contributed by atoms with Crippen LogP contribution in [0.5, 0.6) is 0 Å². The lowest BCUT2D eigenvalue weighted by atomic mass is 11.9. The van der Waals surface area contributed by atoms with Crippen LogP contribution in [0.25, 0.3) is 0 Å². The highest BCUT2D eigenvalue weighted by molar-refractivity contribution is 7.11. The van der Waals surface area contributed by atoms with E-state index >= 15 is 0 Å². The average Bonchev–Trinajstić information content (AvgIpc) is 0.722. The largest absolute Gasteiger partial charge is 0.518 e. The molecular formula is CH3ClF2Si. The Morgan fingerprint density at radius 3 is 1.60 bits per heavy atom. The maximum Gasteiger partial charge on any atom is 0.518 e. The number of hydrogen-bond donors (Lipinski definition) is 0. The van der Waals surface area contributed by atoms with E-state index in [-0.39, 0.29) is 0 Å². The molecule has 0 radical (unpaired) electrons. The predicted octanol–water partition coefficient (Wildman–Crippen LogP) is 1.73. The van der Waals surface area contributed by atoms with Crippen molar-refractivity contribution >= 4 is 19.1 Å². The fraction of sp³-hybridized carbons (Fsp3) is 1.00. The molecule has 5 heavy (non-hydrogen) atoms. The second-order valence-corrected chi connectivity index (χ2v) is 4.33. The molecule has 0 saturated heterocycles. The minimum absolute atomic E-state index is 0.758. The van der Waals surface area contributed by atoms with E-state index in [2.05, 4.69) is 11.1 Å². The fourth-order valence-corrected chi connectivity index (χ4v) is 0. The Bertz CT molecular complexity index is 25.1. The van der Waals surface area contributed by atoms with Crippen molar-refractivity contribution in [3.8, 4) is 0 Å². The van der Waals surface area contributed by atoms with E-state index in [1.807, 2.05) is 0 Å². The van der Waals surface area contributed by atoms with Gasteiger partial charge in [0.15, 0.2) is 0 Å². The Morgan fingerprint density at radius 1 is 1.60 bits per heavy atom. The normalized spacial score (nSPS) is 12.0. The van der Waals surface area contributed by atoms with Crippen molar-refractivity contribution in [3.05, 3.63) is 0 Å². The molecule has 0 unspecified atom stereocenters.